The number of para-hydroxylation sites is 3. The lowest BCUT2D eigenvalue weighted by molar-refractivity contribution is 0.0748. The van der Waals surface area contributed by atoms with Crippen molar-refractivity contribution in [2.24, 2.45) is 0 Å². The predicted octanol–water partition coefficient (Wildman–Crippen LogP) is 5.22. The first-order valence-electron chi connectivity index (χ1n) is 10.6. The van der Waals surface area contributed by atoms with Gasteiger partial charge in [0.1, 0.15) is 5.75 Å². The average Bonchev–Trinajstić information content (AvgIpc) is 2.84. The molecular formula is C26H22ClN3O2. The summed E-state index contributed by atoms with van der Waals surface area (Å²) in [6.07, 6.45) is 0. The fourth-order valence-electron chi connectivity index (χ4n) is 4.17. The van der Waals surface area contributed by atoms with Gasteiger partial charge in [-0.25, -0.2) is 4.98 Å². The molecule has 1 aliphatic rings. The summed E-state index contributed by atoms with van der Waals surface area (Å²) in [7, 11) is 0. The van der Waals surface area contributed by atoms with E-state index in [1.807, 2.05) is 77.7 Å². The minimum absolute atomic E-state index is 0.00394. The molecule has 1 amide bonds. The molecule has 1 aromatic heterocycles. The van der Waals surface area contributed by atoms with E-state index in [0.717, 1.165) is 27.8 Å². The number of fused-ring (bicyclic) bond motifs is 1. The van der Waals surface area contributed by atoms with Gasteiger partial charge < -0.3 is 14.9 Å². The van der Waals surface area contributed by atoms with Gasteiger partial charge in [0.25, 0.3) is 5.91 Å². The molecular weight excluding hydrogens is 422 g/mol. The molecule has 32 heavy (non-hydrogen) atoms. The van der Waals surface area contributed by atoms with Crippen molar-refractivity contribution in [1.82, 2.24) is 9.88 Å². The fourth-order valence-corrected chi connectivity index (χ4v) is 4.30. The van der Waals surface area contributed by atoms with E-state index in [4.69, 9.17) is 16.6 Å². The topological polar surface area (TPSA) is 56.7 Å². The Labute approximate surface area is 191 Å². The van der Waals surface area contributed by atoms with E-state index in [1.54, 1.807) is 6.07 Å². The number of pyridine rings is 1. The summed E-state index contributed by atoms with van der Waals surface area (Å²) in [6, 6.07) is 24.4. The molecule has 0 bridgehead atoms. The van der Waals surface area contributed by atoms with Crippen LogP contribution in [0, 0.1) is 0 Å². The highest BCUT2D eigenvalue weighted by Gasteiger charge is 2.25. The zero-order valence-corrected chi connectivity index (χ0v) is 18.2. The first kappa shape index (κ1) is 20.3. The number of rotatable bonds is 3. The van der Waals surface area contributed by atoms with Crippen molar-refractivity contribution in [3.8, 4) is 17.0 Å². The quantitative estimate of drug-likeness (QED) is 0.471. The van der Waals surface area contributed by atoms with Crippen molar-refractivity contribution in [3.63, 3.8) is 0 Å². The van der Waals surface area contributed by atoms with Gasteiger partial charge in [-0.05, 0) is 36.4 Å². The van der Waals surface area contributed by atoms with Crippen LogP contribution in [0.2, 0.25) is 5.02 Å². The van der Waals surface area contributed by atoms with Crippen LogP contribution >= 0.6 is 11.6 Å². The van der Waals surface area contributed by atoms with Gasteiger partial charge in [-0.3, -0.25) is 4.79 Å². The minimum Gasteiger partial charge on any atom is -0.506 e. The Morgan fingerprint density at radius 1 is 0.875 bits per heavy atom. The smallest absolute Gasteiger partial charge is 0.254 e. The summed E-state index contributed by atoms with van der Waals surface area (Å²) in [5.41, 5.74) is 3.90. The fraction of sp³-hybridized carbons (Fsp3) is 0.154. The number of nitrogens with zero attached hydrogens (tertiary/aromatic N) is 3. The van der Waals surface area contributed by atoms with Crippen LogP contribution in [-0.2, 0) is 0 Å². The Kier molecular flexibility index (Phi) is 5.41. The van der Waals surface area contributed by atoms with E-state index >= 15 is 0 Å². The Hall–Kier alpha value is -3.57. The van der Waals surface area contributed by atoms with Crippen LogP contribution < -0.4 is 4.90 Å². The molecule has 0 spiro atoms. The molecule has 0 aliphatic carbocycles. The van der Waals surface area contributed by atoms with Gasteiger partial charge in [-0.2, -0.15) is 0 Å². The van der Waals surface area contributed by atoms with Crippen molar-refractivity contribution in [2.45, 2.75) is 0 Å². The van der Waals surface area contributed by atoms with Gasteiger partial charge in [0.2, 0.25) is 0 Å². The zero-order valence-electron chi connectivity index (χ0n) is 17.4. The number of piperazine rings is 1. The molecule has 3 aromatic carbocycles. The third-order valence-electron chi connectivity index (χ3n) is 5.88. The number of hydrogen-bond acceptors (Lipinski definition) is 4. The number of aromatic nitrogens is 1. The van der Waals surface area contributed by atoms with Crippen molar-refractivity contribution < 1.29 is 9.90 Å². The predicted molar refractivity (Wildman–Crippen MR) is 128 cm³/mol. The molecule has 1 saturated heterocycles. The highest BCUT2D eigenvalue weighted by molar-refractivity contribution is 6.30. The second kappa shape index (κ2) is 8.52. The normalized spacial score (nSPS) is 14.0. The summed E-state index contributed by atoms with van der Waals surface area (Å²) < 4.78 is 0. The maximum atomic E-state index is 13.6. The molecule has 0 saturated carbocycles. The average molecular weight is 444 g/mol. The summed E-state index contributed by atoms with van der Waals surface area (Å²) in [5, 5.41) is 11.7. The molecule has 5 nitrogen and oxygen atoms in total. The molecule has 0 unspecified atom stereocenters. The number of amides is 1. The lowest BCUT2D eigenvalue weighted by Crippen LogP contribution is -2.48. The molecule has 0 atom stereocenters. The monoisotopic (exact) mass is 443 g/mol. The van der Waals surface area contributed by atoms with Crippen LogP contribution in [0.3, 0.4) is 0 Å². The van der Waals surface area contributed by atoms with Gasteiger partial charge in [-0.15, -0.1) is 0 Å². The highest BCUT2D eigenvalue weighted by atomic mass is 35.5. The zero-order chi connectivity index (χ0) is 22.1. The minimum atomic E-state index is -0.00394. The van der Waals surface area contributed by atoms with Gasteiger partial charge >= 0.3 is 0 Å². The van der Waals surface area contributed by atoms with Crippen LogP contribution in [0.4, 0.5) is 5.69 Å². The lowest BCUT2D eigenvalue weighted by Gasteiger charge is -2.36. The number of aromatic hydroxyl groups is 1. The van der Waals surface area contributed by atoms with Crippen LogP contribution in [0.1, 0.15) is 10.4 Å². The number of anilines is 1. The summed E-state index contributed by atoms with van der Waals surface area (Å²) in [4.78, 5) is 22.3. The second-order valence-corrected chi connectivity index (χ2v) is 8.28. The molecule has 1 aliphatic heterocycles. The third kappa shape index (κ3) is 3.87. The number of benzene rings is 3. The molecule has 0 radical (unpaired) electrons. The van der Waals surface area contributed by atoms with Crippen LogP contribution in [-0.4, -0.2) is 47.1 Å². The number of hydrogen-bond donors (Lipinski definition) is 1. The van der Waals surface area contributed by atoms with E-state index in [1.165, 1.54) is 0 Å². The molecule has 1 N–H and O–H groups in total. The van der Waals surface area contributed by atoms with Crippen molar-refractivity contribution >= 4 is 34.1 Å². The van der Waals surface area contributed by atoms with Gasteiger partial charge in [0, 0.05) is 42.2 Å². The van der Waals surface area contributed by atoms with Crippen LogP contribution in [0.25, 0.3) is 22.2 Å². The molecule has 1 fully saturated rings. The lowest BCUT2D eigenvalue weighted by atomic mass is 10.0. The van der Waals surface area contributed by atoms with Crippen molar-refractivity contribution in [2.75, 3.05) is 31.1 Å². The summed E-state index contributed by atoms with van der Waals surface area (Å²) in [6.45, 7) is 2.49. The Morgan fingerprint density at radius 3 is 2.31 bits per heavy atom. The summed E-state index contributed by atoms with van der Waals surface area (Å²) >= 11 is 6.04. The largest absolute Gasteiger partial charge is 0.506 e. The molecule has 5 rings (SSSR count). The number of carbonyl (C=O) groups is 1. The first-order valence-corrected chi connectivity index (χ1v) is 11.0. The summed E-state index contributed by atoms with van der Waals surface area (Å²) in [5.74, 6) is 0.260. The van der Waals surface area contributed by atoms with Gasteiger partial charge in [0.15, 0.2) is 0 Å². The van der Waals surface area contributed by atoms with E-state index < -0.39 is 0 Å². The van der Waals surface area contributed by atoms with E-state index in [-0.39, 0.29) is 11.7 Å². The number of halogens is 1. The standard InChI is InChI=1S/C26H22ClN3O2/c27-19-11-9-18(10-12-19)23-17-21(20-5-1-2-6-22(20)28-23)26(32)30-15-13-29(14-16-30)24-7-3-4-8-25(24)31/h1-12,17,31H,13-16H2. The maximum absolute atomic E-state index is 13.6. The SMILES string of the molecule is O=C(c1cc(-c2ccc(Cl)cc2)nc2ccccc12)N1CCN(c2ccccc2O)CC1. The highest BCUT2D eigenvalue weighted by Crippen LogP contribution is 2.29. The van der Waals surface area contributed by atoms with E-state index in [9.17, 15) is 9.90 Å². The van der Waals surface area contributed by atoms with Crippen LogP contribution in [0.15, 0.2) is 78.9 Å². The van der Waals surface area contributed by atoms with Gasteiger partial charge in [-0.1, -0.05) is 54.1 Å². The maximum Gasteiger partial charge on any atom is 0.254 e. The van der Waals surface area contributed by atoms with E-state index in [2.05, 4.69) is 4.90 Å². The Morgan fingerprint density at radius 2 is 1.56 bits per heavy atom. The van der Waals surface area contributed by atoms with Crippen LogP contribution in [0.5, 0.6) is 5.75 Å². The first-order chi connectivity index (χ1) is 15.6. The van der Waals surface area contributed by atoms with E-state index in [0.29, 0.717) is 36.8 Å². The number of carbonyl (C=O) groups excluding carboxylic acids is 1. The Bertz CT molecular complexity index is 1280. The molecule has 2 heterocycles. The Balaban J connectivity index is 1.44. The number of phenols is 1. The van der Waals surface area contributed by atoms with Crippen molar-refractivity contribution in [3.05, 3.63) is 89.4 Å². The molecule has 4 aromatic rings. The number of phenolic OH excluding ortho intramolecular Hbond substituents is 1. The van der Waals surface area contributed by atoms with Gasteiger partial charge in [0.05, 0.1) is 22.5 Å². The molecule has 6 heteroatoms. The second-order valence-electron chi connectivity index (χ2n) is 7.85. The third-order valence-corrected chi connectivity index (χ3v) is 6.13. The van der Waals surface area contributed by atoms with Crippen molar-refractivity contribution in [1.29, 1.82) is 0 Å². The molecule has 160 valence electrons.